The summed E-state index contributed by atoms with van der Waals surface area (Å²) in [6.45, 7) is 10.1. The van der Waals surface area contributed by atoms with Crippen molar-refractivity contribution in [3.8, 4) is 0 Å². The minimum atomic E-state index is -0.638. The first kappa shape index (κ1) is 16.3. The summed E-state index contributed by atoms with van der Waals surface area (Å²) in [7, 11) is 0. The molecule has 0 spiro atoms. The van der Waals surface area contributed by atoms with Gasteiger partial charge in [0, 0.05) is 22.3 Å². The highest BCUT2D eigenvalue weighted by Crippen LogP contribution is 2.34. The van der Waals surface area contributed by atoms with Gasteiger partial charge < -0.3 is 10.3 Å². The van der Waals surface area contributed by atoms with E-state index in [2.05, 4.69) is 29.4 Å². The lowest BCUT2D eigenvalue weighted by atomic mass is 9.81. The first-order valence-electron chi connectivity index (χ1n) is 8.27. The number of carbonyl (C=O) groups excluding carboxylic acids is 1. The van der Waals surface area contributed by atoms with Gasteiger partial charge in [-0.2, -0.15) is 0 Å². The Balaban J connectivity index is 1.99. The summed E-state index contributed by atoms with van der Waals surface area (Å²) >= 11 is 0. The van der Waals surface area contributed by atoms with E-state index in [1.54, 1.807) is 0 Å². The fourth-order valence-electron chi connectivity index (χ4n) is 3.43. The Bertz CT molecular complexity index is 919. The van der Waals surface area contributed by atoms with Gasteiger partial charge in [-0.3, -0.25) is 4.79 Å². The molecule has 0 bridgehead atoms. The van der Waals surface area contributed by atoms with Crippen LogP contribution in [0.2, 0.25) is 0 Å². The first-order valence-corrected chi connectivity index (χ1v) is 8.27. The Labute approximate surface area is 143 Å². The summed E-state index contributed by atoms with van der Waals surface area (Å²) in [5.74, 6) is 0.00214. The predicted octanol–water partition coefficient (Wildman–Crippen LogP) is 5.01. The number of para-hydroxylation sites is 1. The van der Waals surface area contributed by atoms with Crippen LogP contribution in [0.15, 0.2) is 42.5 Å². The van der Waals surface area contributed by atoms with E-state index in [1.807, 2.05) is 58.0 Å². The lowest BCUT2D eigenvalue weighted by Crippen LogP contribution is -2.35. The van der Waals surface area contributed by atoms with Crippen LogP contribution < -0.4 is 5.32 Å². The van der Waals surface area contributed by atoms with Crippen LogP contribution in [0.25, 0.3) is 10.9 Å². The monoisotopic (exact) mass is 320 g/mol. The number of aromatic amines is 1. The second kappa shape index (κ2) is 5.82. The molecule has 0 aliphatic heterocycles. The lowest BCUT2D eigenvalue weighted by molar-refractivity contribution is -0.120. The van der Waals surface area contributed by atoms with E-state index < -0.39 is 5.41 Å². The van der Waals surface area contributed by atoms with Gasteiger partial charge in [-0.05, 0) is 57.9 Å². The molecule has 1 heterocycles. The van der Waals surface area contributed by atoms with Crippen LogP contribution in [-0.4, -0.2) is 10.9 Å². The molecule has 1 amide bonds. The van der Waals surface area contributed by atoms with Gasteiger partial charge in [-0.25, -0.2) is 0 Å². The van der Waals surface area contributed by atoms with E-state index in [1.165, 1.54) is 5.56 Å². The summed E-state index contributed by atoms with van der Waals surface area (Å²) in [6, 6.07) is 14.2. The normalized spacial score (nSPS) is 11.7. The molecular formula is C21H24N2O. The van der Waals surface area contributed by atoms with Crippen molar-refractivity contribution in [3.05, 3.63) is 64.8 Å². The minimum Gasteiger partial charge on any atom is -0.358 e. The lowest BCUT2D eigenvalue weighted by Gasteiger charge is -2.25. The minimum absolute atomic E-state index is 0.00214. The van der Waals surface area contributed by atoms with Crippen LogP contribution in [0.3, 0.4) is 0 Å². The number of aryl methyl sites for hydroxylation is 3. The van der Waals surface area contributed by atoms with Gasteiger partial charge in [0.1, 0.15) is 0 Å². The molecule has 124 valence electrons. The predicted molar refractivity (Wildman–Crippen MR) is 101 cm³/mol. The largest absolute Gasteiger partial charge is 0.358 e. The first-order chi connectivity index (χ1) is 11.3. The molecule has 0 unspecified atom stereocenters. The van der Waals surface area contributed by atoms with Crippen molar-refractivity contribution >= 4 is 22.5 Å². The SMILES string of the molecule is Cc1ccc(NC(=O)C(C)(C)c2c(C)[nH]c3ccccc23)c(C)c1. The molecule has 3 heteroatoms. The maximum Gasteiger partial charge on any atom is 0.234 e. The number of carbonyl (C=O) groups is 1. The highest BCUT2D eigenvalue weighted by molar-refractivity contribution is 6.02. The molecule has 3 rings (SSSR count). The molecule has 2 aromatic carbocycles. The molecule has 0 fully saturated rings. The molecule has 1 aromatic heterocycles. The van der Waals surface area contributed by atoms with Crippen LogP contribution in [0.1, 0.15) is 36.2 Å². The smallest absolute Gasteiger partial charge is 0.234 e. The Morgan fingerprint density at radius 1 is 1.04 bits per heavy atom. The van der Waals surface area contributed by atoms with Gasteiger partial charge in [-0.1, -0.05) is 35.9 Å². The molecule has 0 aliphatic carbocycles. The number of benzene rings is 2. The van der Waals surface area contributed by atoms with Crippen LogP contribution in [0, 0.1) is 20.8 Å². The third-order valence-electron chi connectivity index (χ3n) is 4.72. The molecule has 2 N–H and O–H groups in total. The van der Waals surface area contributed by atoms with Gasteiger partial charge in [0.2, 0.25) is 5.91 Å². The van der Waals surface area contributed by atoms with Crippen LogP contribution in [-0.2, 0) is 10.2 Å². The number of hydrogen-bond donors (Lipinski definition) is 2. The molecule has 3 aromatic rings. The third-order valence-corrected chi connectivity index (χ3v) is 4.72. The van der Waals surface area contributed by atoms with E-state index in [9.17, 15) is 4.79 Å². The average Bonchev–Trinajstić information content (AvgIpc) is 2.86. The number of hydrogen-bond acceptors (Lipinski definition) is 1. The molecule has 24 heavy (non-hydrogen) atoms. The van der Waals surface area contributed by atoms with Crippen molar-refractivity contribution < 1.29 is 4.79 Å². The summed E-state index contributed by atoms with van der Waals surface area (Å²) in [6.07, 6.45) is 0. The zero-order chi connectivity index (χ0) is 17.5. The van der Waals surface area contributed by atoms with Crippen molar-refractivity contribution in [1.82, 2.24) is 4.98 Å². The zero-order valence-corrected chi connectivity index (χ0v) is 14.9. The fourth-order valence-corrected chi connectivity index (χ4v) is 3.43. The average molecular weight is 320 g/mol. The van der Waals surface area contributed by atoms with Crippen molar-refractivity contribution in [1.29, 1.82) is 0 Å². The third kappa shape index (κ3) is 2.71. The maximum atomic E-state index is 13.0. The number of amides is 1. The molecule has 0 aliphatic rings. The zero-order valence-electron chi connectivity index (χ0n) is 14.9. The molecular weight excluding hydrogens is 296 g/mol. The summed E-state index contributed by atoms with van der Waals surface area (Å²) in [5, 5.41) is 4.21. The van der Waals surface area contributed by atoms with E-state index in [-0.39, 0.29) is 5.91 Å². The molecule has 0 atom stereocenters. The van der Waals surface area contributed by atoms with Crippen LogP contribution >= 0.6 is 0 Å². The van der Waals surface area contributed by atoms with E-state index in [0.29, 0.717) is 0 Å². The van der Waals surface area contributed by atoms with E-state index in [0.717, 1.165) is 33.4 Å². The Kier molecular flexibility index (Phi) is 3.96. The number of H-pyrrole nitrogens is 1. The van der Waals surface area contributed by atoms with Crippen molar-refractivity contribution in [2.24, 2.45) is 0 Å². The highest BCUT2D eigenvalue weighted by Gasteiger charge is 2.34. The Hall–Kier alpha value is -2.55. The Morgan fingerprint density at radius 3 is 2.46 bits per heavy atom. The summed E-state index contributed by atoms with van der Waals surface area (Å²) in [4.78, 5) is 16.4. The molecule has 3 nitrogen and oxygen atoms in total. The van der Waals surface area contributed by atoms with Crippen molar-refractivity contribution in [3.63, 3.8) is 0 Å². The standard InChI is InChI=1S/C21H24N2O/c1-13-10-11-17(14(2)12-13)23-20(24)21(4,5)19-15(3)22-18-9-7-6-8-16(18)19/h6-12,22H,1-5H3,(H,23,24). The second-order valence-corrected chi connectivity index (χ2v) is 7.07. The topological polar surface area (TPSA) is 44.9 Å². The fraction of sp³-hybridized carbons (Fsp3) is 0.286. The Morgan fingerprint density at radius 2 is 1.75 bits per heavy atom. The number of aromatic nitrogens is 1. The van der Waals surface area contributed by atoms with E-state index in [4.69, 9.17) is 0 Å². The van der Waals surface area contributed by atoms with Crippen LogP contribution in [0.5, 0.6) is 0 Å². The van der Waals surface area contributed by atoms with Gasteiger partial charge in [0.25, 0.3) is 0 Å². The number of nitrogens with one attached hydrogen (secondary N) is 2. The van der Waals surface area contributed by atoms with Crippen molar-refractivity contribution in [2.75, 3.05) is 5.32 Å². The maximum absolute atomic E-state index is 13.0. The van der Waals surface area contributed by atoms with Crippen molar-refractivity contribution in [2.45, 2.75) is 40.0 Å². The van der Waals surface area contributed by atoms with Gasteiger partial charge in [0.05, 0.1) is 5.41 Å². The molecule has 0 saturated heterocycles. The van der Waals surface area contributed by atoms with Gasteiger partial charge >= 0.3 is 0 Å². The number of fused-ring (bicyclic) bond motifs is 1. The second-order valence-electron chi connectivity index (χ2n) is 7.07. The molecule has 0 saturated carbocycles. The summed E-state index contributed by atoms with van der Waals surface area (Å²) < 4.78 is 0. The van der Waals surface area contributed by atoms with Crippen LogP contribution in [0.4, 0.5) is 5.69 Å². The quantitative estimate of drug-likeness (QED) is 0.700. The number of rotatable bonds is 3. The number of anilines is 1. The van der Waals surface area contributed by atoms with E-state index >= 15 is 0 Å². The van der Waals surface area contributed by atoms with Gasteiger partial charge in [0.15, 0.2) is 0 Å². The van der Waals surface area contributed by atoms with Gasteiger partial charge in [-0.15, -0.1) is 0 Å². The molecule has 0 radical (unpaired) electrons. The summed E-state index contributed by atoms with van der Waals surface area (Å²) in [5.41, 5.74) is 5.67. The highest BCUT2D eigenvalue weighted by atomic mass is 16.2.